The van der Waals surface area contributed by atoms with Gasteiger partial charge in [0.25, 0.3) is 0 Å². The zero-order valence-corrected chi connectivity index (χ0v) is 15.5. The number of hydrogen-bond donors (Lipinski definition) is 1. The average Bonchev–Trinajstić information content (AvgIpc) is 3.10. The fraction of sp³-hybridized carbons (Fsp3) is 0.400. The summed E-state index contributed by atoms with van der Waals surface area (Å²) in [5.74, 6) is 0.151. The molecule has 6 heteroatoms. The van der Waals surface area contributed by atoms with Crippen molar-refractivity contribution in [3.05, 3.63) is 58.7 Å². The molecule has 0 radical (unpaired) electrons. The predicted molar refractivity (Wildman–Crippen MR) is 101 cm³/mol. The first kappa shape index (κ1) is 18.7. The Morgan fingerprint density at radius 2 is 2.12 bits per heavy atom. The highest BCUT2D eigenvalue weighted by molar-refractivity contribution is 6.33. The van der Waals surface area contributed by atoms with E-state index >= 15 is 0 Å². The number of anilines is 1. The van der Waals surface area contributed by atoms with E-state index in [4.69, 9.17) is 21.1 Å². The van der Waals surface area contributed by atoms with Gasteiger partial charge in [-0.1, -0.05) is 41.9 Å². The number of pyridine rings is 1. The van der Waals surface area contributed by atoms with Gasteiger partial charge in [0.05, 0.1) is 35.9 Å². The Bertz CT molecular complexity index is 739. The first-order valence-corrected chi connectivity index (χ1v) is 9.30. The molecule has 2 atom stereocenters. The molecule has 1 aromatic carbocycles. The van der Waals surface area contributed by atoms with Crippen molar-refractivity contribution < 1.29 is 14.3 Å². The van der Waals surface area contributed by atoms with E-state index < -0.39 is 5.97 Å². The Morgan fingerprint density at radius 3 is 2.85 bits per heavy atom. The summed E-state index contributed by atoms with van der Waals surface area (Å²) >= 11 is 6.30. The minimum absolute atomic E-state index is 0.109. The second kappa shape index (κ2) is 9.01. The number of nitrogens with one attached hydrogen (secondary N) is 1. The SMILES string of the molecule is CCOC(=O)c1cnc(N[C@@H]2CCC[C@H]2OCc2ccccc2)c(Cl)c1. The molecule has 138 valence electrons. The zero-order chi connectivity index (χ0) is 18.4. The van der Waals surface area contributed by atoms with E-state index in [0.717, 1.165) is 24.8 Å². The number of aromatic nitrogens is 1. The first-order valence-electron chi connectivity index (χ1n) is 8.92. The summed E-state index contributed by atoms with van der Waals surface area (Å²) in [7, 11) is 0. The van der Waals surface area contributed by atoms with E-state index in [2.05, 4.69) is 22.4 Å². The lowest BCUT2D eigenvalue weighted by atomic mass is 10.2. The maximum Gasteiger partial charge on any atom is 0.339 e. The molecule has 0 saturated heterocycles. The van der Waals surface area contributed by atoms with Crippen molar-refractivity contribution in [3.63, 3.8) is 0 Å². The van der Waals surface area contributed by atoms with Crippen molar-refractivity contribution in [1.82, 2.24) is 4.98 Å². The third kappa shape index (κ3) is 4.74. The Labute approximate surface area is 158 Å². The molecule has 0 amide bonds. The van der Waals surface area contributed by atoms with Gasteiger partial charge < -0.3 is 14.8 Å². The van der Waals surface area contributed by atoms with Crippen LogP contribution in [0.25, 0.3) is 0 Å². The first-order chi connectivity index (χ1) is 12.7. The number of hydrogen-bond acceptors (Lipinski definition) is 5. The summed E-state index contributed by atoms with van der Waals surface area (Å²) < 4.78 is 11.1. The molecule has 0 unspecified atom stereocenters. The van der Waals surface area contributed by atoms with E-state index in [0.29, 0.717) is 29.6 Å². The number of ether oxygens (including phenoxy) is 2. The molecule has 26 heavy (non-hydrogen) atoms. The number of carbonyl (C=O) groups excluding carboxylic acids is 1. The van der Waals surface area contributed by atoms with E-state index in [1.54, 1.807) is 13.0 Å². The van der Waals surface area contributed by atoms with Gasteiger partial charge in [0.1, 0.15) is 5.82 Å². The van der Waals surface area contributed by atoms with E-state index in [9.17, 15) is 4.79 Å². The Morgan fingerprint density at radius 1 is 1.31 bits per heavy atom. The molecule has 1 heterocycles. The largest absolute Gasteiger partial charge is 0.462 e. The number of esters is 1. The minimum atomic E-state index is -0.418. The molecule has 0 bridgehead atoms. The second-order valence-corrected chi connectivity index (χ2v) is 6.70. The number of nitrogens with zero attached hydrogens (tertiary/aromatic N) is 1. The molecule has 0 spiro atoms. The lowest BCUT2D eigenvalue weighted by Gasteiger charge is -2.22. The van der Waals surface area contributed by atoms with Gasteiger partial charge in [-0.25, -0.2) is 9.78 Å². The van der Waals surface area contributed by atoms with Gasteiger partial charge in [0.2, 0.25) is 0 Å². The molecular weight excluding hydrogens is 352 g/mol. The quantitative estimate of drug-likeness (QED) is 0.725. The number of halogens is 1. The fourth-order valence-electron chi connectivity index (χ4n) is 3.11. The third-order valence-corrected chi connectivity index (χ3v) is 4.72. The molecular formula is C20H23ClN2O3. The fourth-order valence-corrected chi connectivity index (χ4v) is 3.33. The molecule has 1 fully saturated rings. The van der Waals surface area contributed by atoms with Crippen LogP contribution in [-0.4, -0.2) is 29.7 Å². The summed E-state index contributed by atoms with van der Waals surface area (Å²) in [5.41, 5.74) is 1.51. The van der Waals surface area contributed by atoms with E-state index in [-0.39, 0.29) is 12.1 Å². The normalized spacial score (nSPS) is 19.3. The van der Waals surface area contributed by atoms with Crippen LogP contribution in [0.3, 0.4) is 0 Å². The minimum Gasteiger partial charge on any atom is -0.462 e. The molecule has 1 aromatic heterocycles. The standard InChI is InChI=1S/C20H23ClN2O3/c1-2-25-20(24)15-11-16(21)19(22-12-15)23-17-9-6-10-18(17)26-13-14-7-4-3-5-8-14/h3-5,7-8,11-12,17-18H,2,6,9-10,13H2,1H3,(H,22,23)/t17-,18-/m1/s1. The summed E-state index contributed by atoms with van der Waals surface area (Å²) in [5, 5.41) is 3.78. The predicted octanol–water partition coefficient (Wildman–Crippen LogP) is 4.46. The van der Waals surface area contributed by atoms with Crippen LogP contribution in [0.1, 0.15) is 42.1 Å². The van der Waals surface area contributed by atoms with Gasteiger partial charge in [-0.05, 0) is 37.8 Å². The maximum atomic E-state index is 11.8. The summed E-state index contributed by atoms with van der Waals surface area (Å²) in [6.45, 7) is 2.67. The molecule has 1 saturated carbocycles. The van der Waals surface area contributed by atoms with Gasteiger partial charge in [-0.3, -0.25) is 0 Å². The lowest BCUT2D eigenvalue weighted by molar-refractivity contribution is 0.0394. The molecule has 2 aromatic rings. The molecule has 3 rings (SSSR count). The highest BCUT2D eigenvalue weighted by Crippen LogP contribution is 2.29. The van der Waals surface area contributed by atoms with Crippen LogP contribution in [-0.2, 0) is 16.1 Å². The number of benzene rings is 1. The van der Waals surface area contributed by atoms with Gasteiger partial charge in [0.15, 0.2) is 0 Å². The van der Waals surface area contributed by atoms with Gasteiger partial charge in [-0.2, -0.15) is 0 Å². The number of carbonyl (C=O) groups is 1. The van der Waals surface area contributed by atoms with Crippen molar-refractivity contribution in [2.24, 2.45) is 0 Å². The Hall–Kier alpha value is -2.11. The van der Waals surface area contributed by atoms with Crippen molar-refractivity contribution in [1.29, 1.82) is 0 Å². The topological polar surface area (TPSA) is 60.5 Å². The molecule has 5 nitrogen and oxygen atoms in total. The average molecular weight is 375 g/mol. The highest BCUT2D eigenvalue weighted by Gasteiger charge is 2.29. The van der Waals surface area contributed by atoms with Crippen LogP contribution < -0.4 is 5.32 Å². The smallest absolute Gasteiger partial charge is 0.339 e. The summed E-state index contributed by atoms with van der Waals surface area (Å²) in [4.78, 5) is 16.1. The van der Waals surface area contributed by atoms with Crippen LogP contribution in [0.5, 0.6) is 0 Å². The zero-order valence-electron chi connectivity index (χ0n) is 14.8. The second-order valence-electron chi connectivity index (χ2n) is 6.29. The van der Waals surface area contributed by atoms with Crippen LogP contribution >= 0.6 is 11.6 Å². The van der Waals surface area contributed by atoms with E-state index in [1.807, 2.05) is 18.2 Å². The number of rotatable bonds is 7. The van der Waals surface area contributed by atoms with Crippen molar-refractivity contribution in [2.75, 3.05) is 11.9 Å². The monoisotopic (exact) mass is 374 g/mol. The van der Waals surface area contributed by atoms with Crippen LogP contribution in [0, 0.1) is 0 Å². The van der Waals surface area contributed by atoms with Crippen LogP contribution in [0.4, 0.5) is 5.82 Å². The molecule has 1 aliphatic rings. The van der Waals surface area contributed by atoms with Crippen molar-refractivity contribution in [3.8, 4) is 0 Å². The molecule has 0 aliphatic heterocycles. The molecule has 1 aliphatic carbocycles. The van der Waals surface area contributed by atoms with Crippen LogP contribution in [0.15, 0.2) is 42.6 Å². The van der Waals surface area contributed by atoms with Gasteiger partial charge in [0, 0.05) is 6.20 Å². The van der Waals surface area contributed by atoms with Gasteiger partial charge in [-0.15, -0.1) is 0 Å². The van der Waals surface area contributed by atoms with Crippen LogP contribution in [0.2, 0.25) is 5.02 Å². The van der Waals surface area contributed by atoms with Crippen molar-refractivity contribution >= 4 is 23.4 Å². The summed E-state index contributed by atoms with van der Waals surface area (Å²) in [6, 6.07) is 11.9. The van der Waals surface area contributed by atoms with E-state index in [1.165, 1.54) is 6.20 Å². The third-order valence-electron chi connectivity index (χ3n) is 4.43. The maximum absolute atomic E-state index is 11.8. The lowest BCUT2D eigenvalue weighted by Crippen LogP contribution is -2.31. The molecule has 1 N–H and O–H groups in total. The van der Waals surface area contributed by atoms with Gasteiger partial charge >= 0.3 is 5.97 Å². The van der Waals surface area contributed by atoms with Crippen molar-refractivity contribution in [2.45, 2.75) is 44.9 Å². The Kier molecular flexibility index (Phi) is 6.47. The Balaban J connectivity index is 1.61. The summed E-state index contributed by atoms with van der Waals surface area (Å²) in [6.07, 6.45) is 4.69. The highest BCUT2D eigenvalue weighted by atomic mass is 35.5.